The molecule has 0 saturated heterocycles. The molecule has 0 atom stereocenters. The highest BCUT2D eigenvalue weighted by molar-refractivity contribution is 6.14. The summed E-state index contributed by atoms with van der Waals surface area (Å²) in [6, 6.07) is 35.7. The molecule has 148 valence electrons. The molecule has 1 amide bonds. The third kappa shape index (κ3) is 3.81. The van der Waals surface area contributed by atoms with Crippen LogP contribution in [0.1, 0.15) is 15.9 Å². The molecule has 0 aromatic heterocycles. The van der Waals surface area contributed by atoms with Crippen molar-refractivity contribution in [3.05, 3.63) is 120 Å². The highest BCUT2D eigenvalue weighted by Gasteiger charge is 2.11. The minimum Gasteiger partial charge on any atom is -0.322 e. The molecule has 0 spiro atoms. The molecule has 5 aromatic rings. The molecular weight excluding hydrogens is 380 g/mol. The van der Waals surface area contributed by atoms with Gasteiger partial charge >= 0.3 is 0 Å². The van der Waals surface area contributed by atoms with Crippen molar-refractivity contribution in [1.82, 2.24) is 0 Å². The highest BCUT2D eigenvalue weighted by Crippen LogP contribution is 2.28. The number of hydrogen-bond donors (Lipinski definition) is 1. The van der Waals surface area contributed by atoms with Gasteiger partial charge in [-0.1, -0.05) is 78.9 Å². The topological polar surface area (TPSA) is 41.5 Å². The fraction of sp³-hybridized carbons (Fsp3) is 0. The first-order valence-corrected chi connectivity index (χ1v) is 10.2. The molecule has 0 fully saturated rings. The first-order valence-electron chi connectivity index (χ1n) is 10.2. The van der Waals surface area contributed by atoms with Crippen LogP contribution in [0.15, 0.2) is 114 Å². The average molecular weight is 400 g/mol. The third-order valence-corrected chi connectivity index (χ3v) is 5.33. The van der Waals surface area contributed by atoms with Gasteiger partial charge < -0.3 is 5.32 Å². The number of nitrogens with zero attached hydrogens (tertiary/aromatic N) is 1. The van der Waals surface area contributed by atoms with Crippen molar-refractivity contribution in [3.63, 3.8) is 0 Å². The standard InChI is InChI=1S/C28H20N2O/c31-28(30-22-12-2-1-3-13-22)25-16-8-9-17-27(25)29-19-26-23-14-6-4-10-20(23)18-21-11-5-7-15-24(21)26/h1-19H,(H,30,31). The Labute approximate surface area is 180 Å². The van der Waals surface area contributed by atoms with E-state index in [2.05, 4.69) is 35.6 Å². The number of aliphatic imine (C=N–C) groups is 1. The Bertz CT molecular complexity index is 1370. The van der Waals surface area contributed by atoms with Crippen LogP contribution in [-0.2, 0) is 0 Å². The molecule has 0 aliphatic heterocycles. The molecule has 0 unspecified atom stereocenters. The summed E-state index contributed by atoms with van der Waals surface area (Å²) in [6.07, 6.45) is 1.87. The molecular formula is C28H20N2O. The molecule has 0 saturated carbocycles. The monoisotopic (exact) mass is 400 g/mol. The van der Waals surface area contributed by atoms with Gasteiger partial charge in [-0.25, -0.2) is 0 Å². The lowest BCUT2D eigenvalue weighted by Crippen LogP contribution is -2.11. The van der Waals surface area contributed by atoms with Crippen LogP contribution in [0.5, 0.6) is 0 Å². The van der Waals surface area contributed by atoms with Crippen molar-refractivity contribution >= 4 is 45.0 Å². The van der Waals surface area contributed by atoms with E-state index >= 15 is 0 Å². The van der Waals surface area contributed by atoms with Gasteiger partial charge in [-0.2, -0.15) is 0 Å². The maximum atomic E-state index is 12.9. The maximum Gasteiger partial charge on any atom is 0.257 e. The second-order valence-corrected chi connectivity index (χ2v) is 7.33. The number of benzene rings is 5. The minimum atomic E-state index is -0.179. The molecule has 0 radical (unpaired) electrons. The third-order valence-electron chi connectivity index (χ3n) is 5.33. The van der Waals surface area contributed by atoms with Crippen LogP contribution >= 0.6 is 0 Å². The van der Waals surface area contributed by atoms with E-state index in [-0.39, 0.29) is 5.91 Å². The van der Waals surface area contributed by atoms with Crippen molar-refractivity contribution in [2.45, 2.75) is 0 Å². The molecule has 0 aliphatic rings. The van der Waals surface area contributed by atoms with E-state index in [1.54, 1.807) is 6.07 Å². The summed E-state index contributed by atoms with van der Waals surface area (Å²) in [5.74, 6) is -0.179. The molecule has 5 rings (SSSR count). The fourth-order valence-corrected chi connectivity index (χ4v) is 3.82. The molecule has 3 heteroatoms. The zero-order chi connectivity index (χ0) is 21.0. The highest BCUT2D eigenvalue weighted by atomic mass is 16.1. The Hall–Kier alpha value is -4.24. The van der Waals surface area contributed by atoms with Gasteiger partial charge in [0.05, 0.1) is 11.3 Å². The second kappa shape index (κ2) is 8.25. The van der Waals surface area contributed by atoms with Crippen LogP contribution in [0.25, 0.3) is 21.5 Å². The summed E-state index contributed by atoms with van der Waals surface area (Å²) in [5, 5.41) is 7.54. The Morgan fingerprint density at radius 2 is 1.26 bits per heavy atom. The lowest BCUT2D eigenvalue weighted by atomic mass is 9.97. The van der Waals surface area contributed by atoms with Crippen molar-refractivity contribution < 1.29 is 4.79 Å². The number of anilines is 1. The van der Waals surface area contributed by atoms with E-state index in [0.717, 1.165) is 32.8 Å². The van der Waals surface area contributed by atoms with E-state index in [0.29, 0.717) is 11.3 Å². The van der Waals surface area contributed by atoms with Crippen LogP contribution in [0.4, 0.5) is 11.4 Å². The van der Waals surface area contributed by atoms with Gasteiger partial charge in [-0.3, -0.25) is 9.79 Å². The molecule has 5 aromatic carbocycles. The summed E-state index contributed by atoms with van der Waals surface area (Å²) in [7, 11) is 0. The smallest absolute Gasteiger partial charge is 0.257 e. The largest absolute Gasteiger partial charge is 0.322 e. The fourth-order valence-electron chi connectivity index (χ4n) is 3.82. The van der Waals surface area contributed by atoms with Crippen molar-refractivity contribution in [2.24, 2.45) is 4.99 Å². The number of carbonyl (C=O) groups excluding carboxylic acids is 1. The van der Waals surface area contributed by atoms with Gasteiger partial charge in [-0.05, 0) is 51.9 Å². The SMILES string of the molecule is O=C(Nc1ccccc1)c1ccccc1N=Cc1c2ccccc2cc2ccccc12. The maximum absolute atomic E-state index is 12.9. The van der Waals surface area contributed by atoms with Crippen LogP contribution in [-0.4, -0.2) is 12.1 Å². The van der Waals surface area contributed by atoms with Crippen LogP contribution in [0, 0.1) is 0 Å². The summed E-state index contributed by atoms with van der Waals surface area (Å²) in [5.41, 5.74) is 2.97. The first-order chi connectivity index (χ1) is 15.3. The predicted molar refractivity (Wildman–Crippen MR) is 130 cm³/mol. The number of amides is 1. The number of rotatable bonds is 4. The Balaban J connectivity index is 1.57. The molecule has 31 heavy (non-hydrogen) atoms. The van der Waals surface area contributed by atoms with E-state index in [9.17, 15) is 4.79 Å². The number of fused-ring (bicyclic) bond motifs is 2. The summed E-state index contributed by atoms with van der Waals surface area (Å²) >= 11 is 0. The summed E-state index contributed by atoms with van der Waals surface area (Å²) in [6.45, 7) is 0. The van der Waals surface area contributed by atoms with E-state index < -0.39 is 0 Å². The Morgan fingerprint density at radius 3 is 1.97 bits per heavy atom. The van der Waals surface area contributed by atoms with Crippen LogP contribution < -0.4 is 5.32 Å². The zero-order valence-corrected chi connectivity index (χ0v) is 16.8. The van der Waals surface area contributed by atoms with Gasteiger partial charge in [-0.15, -0.1) is 0 Å². The van der Waals surface area contributed by atoms with Crippen molar-refractivity contribution in [2.75, 3.05) is 5.32 Å². The number of nitrogens with one attached hydrogen (secondary N) is 1. The Kier molecular flexibility index (Phi) is 4.99. The summed E-state index contributed by atoms with van der Waals surface area (Å²) in [4.78, 5) is 17.6. The van der Waals surface area contributed by atoms with Crippen molar-refractivity contribution in [1.29, 1.82) is 0 Å². The van der Waals surface area contributed by atoms with Gasteiger partial charge in [0.2, 0.25) is 0 Å². The molecule has 0 heterocycles. The van der Waals surface area contributed by atoms with Gasteiger partial charge in [0.1, 0.15) is 0 Å². The van der Waals surface area contributed by atoms with Crippen LogP contribution in [0.3, 0.4) is 0 Å². The molecule has 1 N–H and O–H groups in total. The van der Waals surface area contributed by atoms with E-state index in [4.69, 9.17) is 4.99 Å². The normalized spacial score (nSPS) is 11.2. The first kappa shape index (κ1) is 18.8. The second-order valence-electron chi connectivity index (χ2n) is 7.33. The van der Waals surface area contributed by atoms with Gasteiger partial charge in [0.15, 0.2) is 0 Å². The lowest BCUT2D eigenvalue weighted by molar-refractivity contribution is 0.102. The zero-order valence-electron chi connectivity index (χ0n) is 16.8. The van der Waals surface area contributed by atoms with Gasteiger partial charge in [0.25, 0.3) is 5.91 Å². The number of carbonyl (C=O) groups is 1. The predicted octanol–water partition coefficient (Wildman–Crippen LogP) is 7.00. The minimum absolute atomic E-state index is 0.179. The quantitative estimate of drug-likeness (QED) is 0.256. The lowest BCUT2D eigenvalue weighted by Gasteiger charge is -2.09. The molecule has 3 nitrogen and oxygen atoms in total. The Morgan fingerprint density at radius 1 is 0.677 bits per heavy atom. The van der Waals surface area contributed by atoms with Crippen molar-refractivity contribution in [3.8, 4) is 0 Å². The number of para-hydroxylation sites is 2. The van der Waals surface area contributed by atoms with Gasteiger partial charge in [0, 0.05) is 17.5 Å². The van der Waals surface area contributed by atoms with Crippen LogP contribution in [0.2, 0.25) is 0 Å². The molecule has 0 aliphatic carbocycles. The average Bonchev–Trinajstić information content (AvgIpc) is 2.82. The molecule has 0 bridgehead atoms. The summed E-state index contributed by atoms with van der Waals surface area (Å²) < 4.78 is 0. The van der Waals surface area contributed by atoms with E-state index in [1.165, 1.54) is 0 Å². The number of hydrogen-bond acceptors (Lipinski definition) is 2. The van der Waals surface area contributed by atoms with E-state index in [1.807, 2.05) is 79.0 Å².